The fourth-order valence-corrected chi connectivity index (χ4v) is 5.47. The monoisotopic (exact) mass is 413 g/mol. The van der Waals surface area contributed by atoms with Crippen molar-refractivity contribution in [3.63, 3.8) is 0 Å². The maximum Gasteiger partial charge on any atom is 0.254 e. The van der Waals surface area contributed by atoms with Gasteiger partial charge in [-0.25, -0.2) is 0 Å². The van der Waals surface area contributed by atoms with E-state index in [4.69, 9.17) is 4.74 Å². The number of hydrogen-bond acceptors (Lipinski definition) is 4. The fourth-order valence-electron chi connectivity index (χ4n) is 5.47. The number of piperidine rings is 1. The molecule has 2 saturated heterocycles. The molecule has 3 fully saturated rings. The summed E-state index contributed by atoms with van der Waals surface area (Å²) in [6, 6.07) is 9.30. The van der Waals surface area contributed by atoms with E-state index in [0.717, 1.165) is 81.9 Å². The number of ether oxygens (including phenoxy) is 1. The molecule has 2 aliphatic heterocycles. The molecule has 166 valence electrons. The van der Waals surface area contributed by atoms with E-state index in [-0.39, 0.29) is 5.91 Å². The quantitative estimate of drug-likeness (QED) is 0.739. The zero-order valence-electron chi connectivity index (χ0n) is 18.9. The third-order valence-electron chi connectivity index (χ3n) is 7.61. The lowest BCUT2D eigenvalue weighted by Gasteiger charge is -2.42. The third kappa shape index (κ3) is 5.24. The van der Waals surface area contributed by atoms with Crippen LogP contribution in [0.25, 0.3) is 0 Å². The molecule has 5 heteroatoms. The summed E-state index contributed by atoms with van der Waals surface area (Å²) in [7, 11) is 2.01. The lowest BCUT2D eigenvalue weighted by molar-refractivity contribution is 0.0338. The SMILES string of the molecule is CC1CCC(N2CCC(N(C)C(=O)c3ccccc3CN3CCOCC3)CC2)CC1. The van der Waals surface area contributed by atoms with Crippen molar-refractivity contribution in [1.29, 1.82) is 0 Å². The second-order valence-electron chi connectivity index (χ2n) is 9.64. The van der Waals surface area contributed by atoms with Gasteiger partial charge in [0.15, 0.2) is 0 Å². The summed E-state index contributed by atoms with van der Waals surface area (Å²) in [6.45, 7) is 8.95. The second-order valence-corrected chi connectivity index (χ2v) is 9.64. The Balaban J connectivity index is 1.34. The summed E-state index contributed by atoms with van der Waals surface area (Å²) in [5.74, 6) is 1.09. The third-order valence-corrected chi connectivity index (χ3v) is 7.61. The molecule has 1 amide bonds. The van der Waals surface area contributed by atoms with Crippen molar-refractivity contribution in [2.45, 2.75) is 64.1 Å². The lowest BCUT2D eigenvalue weighted by atomic mass is 9.85. The molecule has 3 aliphatic rings. The van der Waals surface area contributed by atoms with Gasteiger partial charge in [0.25, 0.3) is 5.91 Å². The first-order valence-electron chi connectivity index (χ1n) is 12.0. The molecule has 1 aliphatic carbocycles. The Kier molecular flexibility index (Phi) is 7.45. The van der Waals surface area contributed by atoms with Gasteiger partial charge in [0.05, 0.1) is 13.2 Å². The number of nitrogens with zero attached hydrogens (tertiary/aromatic N) is 3. The van der Waals surface area contributed by atoms with Gasteiger partial charge in [-0.3, -0.25) is 9.69 Å². The predicted octanol–water partition coefficient (Wildman–Crippen LogP) is 3.63. The summed E-state index contributed by atoms with van der Waals surface area (Å²) in [4.78, 5) is 20.5. The molecule has 0 N–H and O–H groups in total. The highest BCUT2D eigenvalue weighted by molar-refractivity contribution is 5.95. The van der Waals surface area contributed by atoms with E-state index in [2.05, 4.69) is 28.9 Å². The Bertz CT molecular complexity index is 687. The van der Waals surface area contributed by atoms with Gasteiger partial charge in [-0.15, -0.1) is 0 Å². The Morgan fingerprint density at radius 3 is 2.37 bits per heavy atom. The van der Waals surface area contributed by atoms with Crippen LogP contribution in [0.4, 0.5) is 0 Å². The molecule has 2 heterocycles. The highest BCUT2D eigenvalue weighted by atomic mass is 16.5. The molecule has 0 atom stereocenters. The molecular formula is C25H39N3O2. The van der Waals surface area contributed by atoms with E-state index in [1.807, 2.05) is 24.1 Å². The van der Waals surface area contributed by atoms with Crippen LogP contribution in [0.15, 0.2) is 24.3 Å². The maximum absolute atomic E-state index is 13.4. The predicted molar refractivity (Wildman–Crippen MR) is 121 cm³/mol. The molecule has 5 nitrogen and oxygen atoms in total. The van der Waals surface area contributed by atoms with Gasteiger partial charge in [-0.1, -0.05) is 25.1 Å². The van der Waals surface area contributed by atoms with Crippen LogP contribution in [0.3, 0.4) is 0 Å². The normalized spacial score (nSPS) is 27.1. The Morgan fingerprint density at radius 2 is 1.67 bits per heavy atom. The van der Waals surface area contributed by atoms with Crippen LogP contribution >= 0.6 is 0 Å². The van der Waals surface area contributed by atoms with Gasteiger partial charge in [0.2, 0.25) is 0 Å². The van der Waals surface area contributed by atoms with Crippen LogP contribution in [-0.4, -0.2) is 79.1 Å². The summed E-state index contributed by atoms with van der Waals surface area (Å²) in [5.41, 5.74) is 2.01. The van der Waals surface area contributed by atoms with Gasteiger partial charge in [0, 0.05) is 57.4 Å². The number of carbonyl (C=O) groups is 1. The van der Waals surface area contributed by atoms with Gasteiger partial charge < -0.3 is 14.5 Å². The minimum atomic E-state index is 0.184. The largest absolute Gasteiger partial charge is 0.379 e. The Labute approximate surface area is 182 Å². The topological polar surface area (TPSA) is 36.0 Å². The Hall–Kier alpha value is -1.43. The minimum absolute atomic E-state index is 0.184. The molecule has 0 unspecified atom stereocenters. The number of amides is 1. The van der Waals surface area contributed by atoms with Crippen LogP contribution in [-0.2, 0) is 11.3 Å². The number of carbonyl (C=O) groups excluding carboxylic acids is 1. The van der Waals surface area contributed by atoms with Crippen LogP contribution in [0.1, 0.15) is 61.4 Å². The van der Waals surface area contributed by atoms with Crippen molar-refractivity contribution < 1.29 is 9.53 Å². The molecule has 4 rings (SSSR count). The van der Waals surface area contributed by atoms with E-state index < -0.39 is 0 Å². The molecule has 0 aromatic heterocycles. The highest BCUT2D eigenvalue weighted by Gasteiger charge is 2.31. The zero-order valence-corrected chi connectivity index (χ0v) is 18.9. The van der Waals surface area contributed by atoms with E-state index in [1.165, 1.54) is 25.7 Å². The molecule has 0 spiro atoms. The number of likely N-dealkylation sites (tertiary alicyclic amines) is 1. The molecule has 1 aromatic rings. The Morgan fingerprint density at radius 1 is 1.00 bits per heavy atom. The number of rotatable bonds is 5. The lowest BCUT2D eigenvalue weighted by Crippen LogP contribution is -2.49. The van der Waals surface area contributed by atoms with Crippen LogP contribution in [0.5, 0.6) is 0 Å². The van der Waals surface area contributed by atoms with Gasteiger partial charge in [-0.2, -0.15) is 0 Å². The van der Waals surface area contributed by atoms with Crippen LogP contribution in [0.2, 0.25) is 0 Å². The molecule has 30 heavy (non-hydrogen) atoms. The molecule has 0 bridgehead atoms. The summed E-state index contributed by atoms with van der Waals surface area (Å²) in [6.07, 6.45) is 7.66. The van der Waals surface area contributed by atoms with Crippen LogP contribution in [0, 0.1) is 5.92 Å². The van der Waals surface area contributed by atoms with Crippen molar-refractivity contribution in [2.24, 2.45) is 5.92 Å². The van der Waals surface area contributed by atoms with Crippen molar-refractivity contribution in [3.05, 3.63) is 35.4 Å². The van der Waals surface area contributed by atoms with E-state index in [1.54, 1.807) is 0 Å². The van der Waals surface area contributed by atoms with Gasteiger partial charge >= 0.3 is 0 Å². The minimum Gasteiger partial charge on any atom is -0.379 e. The van der Waals surface area contributed by atoms with Crippen LogP contribution < -0.4 is 0 Å². The van der Waals surface area contributed by atoms with E-state index >= 15 is 0 Å². The first-order chi connectivity index (χ1) is 14.6. The maximum atomic E-state index is 13.4. The van der Waals surface area contributed by atoms with Crippen molar-refractivity contribution >= 4 is 5.91 Å². The summed E-state index contributed by atoms with van der Waals surface area (Å²) < 4.78 is 5.47. The zero-order chi connectivity index (χ0) is 20.9. The standard InChI is InChI=1S/C25H39N3O2/c1-20-7-9-23(10-8-20)28-13-11-22(12-14-28)26(2)25(29)24-6-4-3-5-21(24)19-27-15-17-30-18-16-27/h3-6,20,22-23H,7-19H2,1-2H3. The van der Waals surface area contributed by atoms with Crippen molar-refractivity contribution in [3.8, 4) is 0 Å². The van der Waals surface area contributed by atoms with Crippen molar-refractivity contribution in [1.82, 2.24) is 14.7 Å². The van der Waals surface area contributed by atoms with Gasteiger partial charge in [-0.05, 0) is 56.1 Å². The van der Waals surface area contributed by atoms with E-state index in [0.29, 0.717) is 6.04 Å². The average Bonchev–Trinajstić information content (AvgIpc) is 2.80. The number of hydrogen-bond donors (Lipinski definition) is 0. The first kappa shape index (κ1) is 21.8. The summed E-state index contributed by atoms with van der Waals surface area (Å²) in [5, 5.41) is 0. The average molecular weight is 414 g/mol. The summed E-state index contributed by atoms with van der Waals surface area (Å²) >= 11 is 0. The highest BCUT2D eigenvalue weighted by Crippen LogP contribution is 2.30. The van der Waals surface area contributed by atoms with E-state index in [9.17, 15) is 4.79 Å². The number of morpholine rings is 1. The molecule has 1 saturated carbocycles. The molecular weight excluding hydrogens is 374 g/mol. The second kappa shape index (κ2) is 10.3. The van der Waals surface area contributed by atoms with Gasteiger partial charge in [0.1, 0.15) is 0 Å². The van der Waals surface area contributed by atoms with Crippen molar-refractivity contribution in [2.75, 3.05) is 46.4 Å². The number of benzene rings is 1. The smallest absolute Gasteiger partial charge is 0.254 e. The fraction of sp³-hybridized carbons (Fsp3) is 0.720. The molecule has 1 aromatic carbocycles. The molecule has 0 radical (unpaired) electrons. The first-order valence-corrected chi connectivity index (χ1v) is 12.0.